The Labute approximate surface area is 100 Å². The summed E-state index contributed by atoms with van der Waals surface area (Å²) in [5.41, 5.74) is 1.82. The molecule has 0 N–H and O–H groups in total. The zero-order valence-electron chi connectivity index (χ0n) is 10.4. The van der Waals surface area contributed by atoms with Crippen LogP contribution >= 0.6 is 0 Å². The van der Waals surface area contributed by atoms with Gasteiger partial charge in [-0.3, -0.25) is 9.48 Å². The second-order valence-electron chi connectivity index (χ2n) is 4.12. The third-order valence-electron chi connectivity index (χ3n) is 2.73. The van der Waals surface area contributed by atoms with Crippen molar-refractivity contribution in [2.75, 3.05) is 0 Å². The number of Topliss-reactive ketones (excluding diaryl/α,β-unsaturated/α-hetero) is 1. The van der Waals surface area contributed by atoms with Crippen LogP contribution in [-0.2, 0) is 19.9 Å². The third kappa shape index (κ3) is 2.46. The maximum Gasteiger partial charge on any atom is 0.203 e. The fourth-order valence-corrected chi connectivity index (χ4v) is 1.80. The highest BCUT2D eigenvalue weighted by Crippen LogP contribution is 2.12. The molecule has 2 rings (SSSR count). The van der Waals surface area contributed by atoms with E-state index in [1.165, 1.54) is 0 Å². The molecule has 0 saturated heterocycles. The molecule has 0 fully saturated rings. The molecular formula is C13H16N2O2. The highest BCUT2D eigenvalue weighted by molar-refractivity contribution is 5.94. The summed E-state index contributed by atoms with van der Waals surface area (Å²) in [6.45, 7) is 3.91. The molecule has 17 heavy (non-hydrogen) atoms. The van der Waals surface area contributed by atoms with Crippen LogP contribution in [0.2, 0.25) is 0 Å². The smallest absolute Gasteiger partial charge is 0.203 e. The van der Waals surface area contributed by atoms with Crippen LogP contribution in [0.3, 0.4) is 0 Å². The fraction of sp³-hybridized carbons (Fsp3) is 0.385. The molecule has 0 aromatic carbocycles. The lowest BCUT2D eigenvalue weighted by Gasteiger charge is -1.99. The van der Waals surface area contributed by atoms with Crippen molar-refractivity contribution in [1.29, 1.82) is 0 Å². The van der Waals surface area contributed by atoms with Gasteiger partial charge in [0.1, 0.15) is 5.76 Å². The zero-order valence-corrected chi connectivity index (χ0v) is 10.4. The molecular weight excluding hydrogens is 216 g/mol. The number of ketones is 1. The first kappa shape index (κ1) is 11.6. The van der Waals surface area contributed by atoms with Gasteiger partial charge in [0, 0.05) is 19.2 Å². The number of aromatic nitrogens is 2. The molecule has 0 aliphatic heterocycles. The zero-order chi connectivity index (χ0) is 12.4. The van der Waals surface area contributed by atoms with E-state index in [4.69, 9.17) is 4.42 Å². The molecule has 0 aliphatic carbocycles. The van der Waals surface area contributed by atoms with Crippen molar-refractivity contribution in [3.05, 3.63) is 41.1 Å². The van der Waals surface area contributed by atoms with E-state index in [9.17, 15) is 4.79 Å². The first-order valence-corrected chi connectivity index (χ1v) is 5.71. The summed E-state index contributed by atoms with van der Waals surface area (Å²) in [5, 5.41) is 4.21. The second-order valence-corrected chi connectivity index (χ2v) is 4.12. The lowest BCUT2D eigenvalue weighted by Crippen LogP contribution is -2.07. The minimum Gasteiger partial charge on any atom is -0.458 e. The van der Waals surface area contributed by atoms with Gasteiger partial charge in [0.05, 0.1) is 12.1 Å². The quantitative estimate of drug-likeness (QED) is 0.760. The minimum atomic E-state index is -0.00676. The van der Waals surface area contributed by atoms with Gasteiger partial charge in [-0.1, -0.05) is 6.92 Å². The van der Waals surface area contributed by atoms with Crippen LogP contribution in [0.4, 0.5) is 0 Å². The Morgan fingerprint density at radius 2 is 2.24 bits per heavy atom. The predicted molar refractivity (Wildman–Crippen MR) is 64.1 cm³/mol. The van der Waals surface area contributed by atoms with Crippen molar-refractivity contribution in [3.8, 4) is 0 Å². The van der Waals surface area contributed by atoms with Crippen molar-refractivity contribution in [2.24, 2.45) is 7.05 Å². The van der Waals surface area contributed by atoms with Crippen LogP contribution in [0.5, 0.6) is 0 Å². The topological polar surface area (TPSA) is 48.0 Å². The number of aryl methyl sites for hydroxylation is 3. The Morgan fingerprint density at radius 1 is 1.47 bits per heavy atom. The summed E-state index contributed by atoms with van der Waals surface area (Å²) in [6.07, 6.45) is 1.13. The standard InChI is InChI=1S/C13H16N2O2/c1-4-11-5-6-13(17-11)12(16)8-10-7-9(2)14-15(10)3/h5-7H,4,8H2,1-3H3. The Kier molecular flexibility index (Phi) is 3.13. The molecule has 2 heterocycles. The molecule has 4 heteroatoms. The SMILES string of the molecule is CCc1ccc(C(=O)Cc2cc(C)nn2C)o1. The maximum absolute atomic E-state index is 12.0. The van der Waals surface area contributed by atoms with E-state index in [-0.39, 0.29) is 5.78 Å². The number of furan rings is 1. The minimum absolute atomic E-state index is 0.00676. The van der Waals surface area contributed by atoms with Crippen LogP contribution < -0.4 is 0 Å². The number of hydrogen-bond acceptors (Lipinski definition) is 3. The van der Waals surface area contributed by atoms with E-state index in [1.807, 2.05) is 33.0 Å². The van der Waals surface area contributed by atoms with E-state index < -0.39 is 0 Å². The van der Waals surface area contributed by atoms with Gasteiger partial charge in [-0.25, -0.2) is 0 Å². The first-order chi connectivity index (χ1) is 8.10. The number of carbonyl (C=O) groups excluding carboxylic acids is 1. The Hall–Kier alpha value is -1.84. The van der Waals surface area contributed by atoms with Crippen molar-refractivity contribution in [3.63, 3.8) is 0 Å². The summed E-state index contributed by atoms with van der Waals surface area (Å²) < 4.78 is 7.17. The van der Waals surface area contributed by atoms with Crippen molar-refractivity contribution in [2.45, 2.75) is 26.7 Å². The highest BCUT2D eigenvalue weighted by atomic mass is 16.3. The van der Waals surface area contributed by atoms with Gasteiger partial charge in [0.15, 0.2) is 5.76 Å². The number of hydrogen-bond donors (Lipinski definition) is 0. The molecule has 0 saturated carbocycles. The second kappa shape index (κ2) is 4.57. The van der Waals surface area contributed by atoms with Gasteiger partial charge in [-0.15, -0.1) is 0 Å². The van der Waals surface area contributed by atoms with E-state index in [2.05, 4.69) is 5.10 Å². The van der Waals surface area contributed by atoms with Gasteiger partial charge < -0.3 is 4.42 Å². The lowest BCUT2D eigenvalue weighted by atomic mass is 10.2. The molecule has 0 spiro atoms. The predicted octanol–water partition coefficient (Wildman–Crippen LogP) is 2.31. The van der Waals surface area contributed by atoms with E-state index in [0.29, 0.717) is 12.2 Å². The lowest BCUT2D eigenvalue weighted by molar-refractivity contribution is 0.0962. The Morgan fingerprint density at radius 3 is 2.76 bits per heavy atom. The molecule has 0 unspecified atom stereocenters. The van der Waals surface area contributed by atoms with Gasteiger partial charge in [-0.05, 0) is 25.1 Å². The summed E-state index contributed by atoms with van der Waals surface area (Å²) >= 11 is 0. The Bertz CT molecular complexity index is 537. The first-order valence-electron chi connectivity index (χ1n) is 5.71. The van der Waals surface area contributed by atoms with Crippen molar-refractivity contribution < 1.29 is 9.21 Å². The van der Waals surface area contributed by atoms with Gasteiger partial charge >= 0.3 is 0 Å². The summed E-state index contributed by atoms with van der Waals surface area (Å²) in [7, 11) is 1.84. The molecule has 0 atom stereocenters. The molecule has 0 aliphatic rings. The molecule has 90 valence electrons. The molecule has 2 aromatic rings. The van der Waals surface area contributed by atoms with Crippen molar-refractivity contribution in [1.82, 2.24) is 9.78 Å². The summed E-state index contributed by atoms with van der Waals surface area (Å²) in [6, 6.07) is 5.51. The van der Waals surface area contributed by atoms with Crippen LogP contribution in [0, 0.1) is 6.92 Å². The average Bonchev–Trinajstić information content (AvgIpc) is 2.86. The maximum atomic E-state index is 12.0. The fourth-order valence-electron chi connectivity index (χ4n) is 1.80. The normalized spacial score (nSPS) is 10.8. The van der Waals surface area contributed by atoms with Gasteiger partial charge in [0.2, 0.25) is 5.78 Å². The van der Waals surface area contributed by atoms with Crippen LogP contribution in [0.1, 0.15) is 34.6 Å². The monoisotopic (exact) mass is 232 g/mol. The van der Waals surface area contributed by atoms with E-state index in [0.717, 1.165) is 23.6 Å². The third-order valence-corrected chi connectivity index (χ3v) is 2.73. The summed E-state index contributed by atoms with van der Waals surface area (Å²) in [4.78, 5) is 12.0. The van der Waals surface area contributed by atoms with Gasteiger partial charge in [-0.2, -0.15) is 5.10 Å². The summed E-state index contributed by atoms with van der Waals surface area (Å²) in [5.74, 6) is 1.27. The number of carbonyl (C=O) groups is 1. The van der Waals surface area contributed by atoms with E-state index >= 15 is 0 Å². The van der Waals surface area contributed by atoms with Crippen LogP contribution in [0.15, 0.2) is 22.6 Å². The number of nitrogens with zero attached hydrogens (tertiary/aromatic N) is 2. The van der Waals surface area contributed by atoms with Crippen LogP contribution in [-0.4, -0.2) is 15.6 Å². The van der Waals surface area contributed by atoms with Crippen molar-refractivity contribution >= 4 is 5.78 Å². The van der Waals surface area contributed by atoms with E-state index in [1.54, 1.807) is 10.7 Å². The average molecular weight is 232 g/mol. The number of rotatable bonds is 4. The Balaban J connectivity index is 2.14. The highest BCUT2D eigenvalue weighted by Gasteiger charge is 2.14. The van der Waals surface area contributed by atoms with Crippen LogP contribution in [0.25, 0.3) is 0 Å². The molecule has 0 radical (unpaired) electrons. The molecule has 4 nitrogen and oxygen atoms in total. The van der Waals surface area contributed by atoms with Gasteiger partial charge in [0.25, 0.3) is 0 Å². The largest absolute Gasteiger partial charge is 0.458 e. The molecule has 0 amide bonds. The molecule has 0 bridgehead atoms. The molecule has 2 aromatic heterocycles.